The number of nitrogens with zero attached hydrogens (tertiary/aromatic N) is 3. The number of rotatable bonds is 11. The summed E-state index contributed by atoms with van der Waals surface area (Å²) in [6, 6.07) is 15.9. The minimum atomic E-state index is 0.151. The molecule has 0 unspecified atom stereocenters. The van der Waals surface area contributed by atoms with Crippen LogP contribution in [-0.4, -0.2) is 47.7 Å². The maximum atomic E-state index is 13.1. The second kappa shape index (κ2) is 11.7. The average molecular weight is 462 g/mol. The summed E-state index contributed by atoms with van der Waals surface area (Å²) in [4.78, 5) is 23.2. The summed E-state index contributed by atoms with van der Waals surface area (Å²) in [5.41, 5.74) is 0.955. The summed E-state index contributed by atoms with van der Waals surface area (Å²) >= 11 is 9.29. The smallest absolute Gasteiger partial charge is 0.228 e. The predicted octanol–water partition coefficient (Wildman–Crippen LogP) is 6.20. The molecule has 1 aromatic heterocycles. The lowest BCUT2D eigenvalue weighted by Crippen LogP contribution is -2.38. The topological polar surface area (TPSA) is 36.4 Å². The van der Waals surface area contributed by atoms with E-state index in [2.05, 4.69) is 24.8 Å². The molecule has 0 aliphatic carbocycles. The fourth-order valence-corrected chi connectivity index (χ4v) is 5.15. The third-order valence-electron chi connectivity index (χ3n) is 4.97. The van der Waals surface area contributed by atoms with Gasteiger partial charge in [-0.3, -0.25) is 9.69 Å². The number of benzene rings is 2. The van der Waals surface area contributed by atoms with Crippen LogP contribution in [0.4, 0.5) is 5.13 Å². The molecule has 0 saturated heterocycles. The number of thiazole rings is 1. The van der Waals surface area contributed by atoms with Gasteiger partial charge in [0.05, 0.1) is 10.2 Å². The van der Waals surface area contributed by atoms with Crippen molar-refractivity contribution in [3.8, 4) is 0 Å². The van der Waals surface area contributed by atoms with Crippen LogP contribution in [0.3, 0.4) is 0 Å². The van der Waals surface area contributed by atoms with Crippen molar-refractivity contribution >= 4 is 56.0 Å². The van der Waals surface area contributed by atoms with Crippen LogP contribution in [0.25, 0.3) is 10.2 Å². The number of likely N-dealkylation sites (N-methyl/N-ethyl adjacent to an activating group) is 1. The molecule has 0 aliphatic rings. The Morgan fingerprint density at radius 1 is 1.07 bits per heavy atom. The molecule has 0 bridgehead atoms. The molecule has 0 spiro atoms. The van der Waals surface area contributed by atoms with Gasteiger partial charge in [0.15, 0.2) is 5.13 Å². The minimum Gasteiger partial charge on any atom is -0.302 e. The molecule has 0 radical (unpaired) electrons. The molecule has 3 rings (SSSR count). The van der Waals surface area contributed by atoms with Gasteiger partial charge < -0.3 is 4.90 Å². The van der Waals surface area contributed by atoms with E-state index in [1.807, 2.05) is 47.4 Å². The molecular formula is C23H28ClN3OS2. The average Bonchev–Trinajstić information content (AvgIpc) is 3.19. The highest BCUT2D eigenvalue weighted by Gasteiger charge is 2.20. The van der Waals surface area contributed by atoms with Gasteiger partial charge in [0.25, 0.3) is 0 Å². The number of aromatic nitrogens is 1. The van der Waals surface area contributed by atoms with Crippen molar-refractivity contribution in [3.63, 3.8) is 0 Å². The SMILES string of the molecule is CCN(CC)CCN(C(=O)CCCSc1ccc(Cl)cc1)c1nc2ccccc2s1. The number of hydrogen-bond donors (Lipinski definition) is 0. The van der Waals surface area contributed by atoms with E-state index in [0.29, 0.717) is 13.0 Å². The van der Waals surface area contributed by atoms with Crippen LogP contribution in [-0.2, 0) is 4.79 Å². The van der Waals surface area contributed by atoms with E-state index >= 15 is 0 Å². The van der Waals surface area contributed by atoms with Crippen molar-refractivity contribution in [2.24, 2.45) is 0 Å². The van der Waals surface area contributed by atoms with Crippen molar-refractivity contribution < 1.29 is 4.79 Å². The predicted molar refractivity (Wildman–Crippen MR) is 131 cm³/mol. The summed E-state index contributed by atoms with van der Waals surface area (Å²) in [5, 5.41) is 1.55. The molecule has 0 atom stereocenters. The van der Waals surface area contributed by atoms with Gasteiger partial charge in [0.1, 0.15) is 0 Å². The monoisotopic (exact) mass is 461 g/mol. The van der Waals surface area contributed by atoms with Crippen LogP contribution >= 0.6 is 34.7 Å². The number of para-hydroxylation sites is 1. The maximum absolute atomic E-state index is 13.1. The van der Waals surface area contributed by atoms with Gasteiger partial charge in [-0.15, -0.1) is 11.8 Å². The zero-order chi connectivity index (χ0) is 21.3. The summed E-state index contributed by atoms with van der Waals surface area (Å²) in [7, 11) is 0. The Labute approximate surface area is 192 Å². The van der Waals surface area contributed by atoms with Crippen molar-refractivity contribution in [1.82, 2.24) is 9.88 Å². The van der Waals surface area contributed by atoms with Crippen molar-refractivity contribution in [2.75, 3.05) is 36.8 Å². The van der Waals surface area contributed by atoms with Gasteiger partial charge in [-0.05, 0) is 61.7 Å². The molecule has 3 aromatic rings. The number of carbonyl (C=O) groups excluding carboxylic acids is 1. The number of hydrogen-bond acceptors (Lipinski definition) is 5. The first-order valence-corrected chi connectivity index (χ1v) is 12.6. The third-order valence-corrected chi connectivity index (χ3v) is 7.38. The van der Waals surface area contributed by atoms with Crippen LogP contribution in [0.2, 0.25) is 5.02 Å². The molecule has 0 saturated carbocycles. The van der Waals surface area contributed by atoms with Gasteiger partial charge in [-0.25, -0.2) is 4.98 Å². The van der Waals surface area contributed by atoms with Gasteiger partial charge in [0.2, 0.25) is 5.91 Å². The number of halogens is 1. The van der Waals surface area contributed by atoms with E-state index in [4.69, 9.17) is 16.6 Å². The molecule has 0 fully saturated rings. The first-order valence-electron chi connectivity index (χ1n) is 10.4. The van der Waals surface area contributed by atoms with Crippen molar-refractivity contribution in [2.45, 2.75) is 31.6 Å². The lowest BCUT2D eigenvalue weighted by Gasteiger charge is -2.24. The molecule has 4 nitrogen and oxygen atoms in total. The lowest BCUT2D eigenvalue weighted by atomic mass is 10.3. The second-order valence-corrected chi connectivity index (χ2v) is 9.56. The first kappa shape index (κ1) is 23.1. The summed E-state index contributed by atoms with van der Waals surface area (Å²) < 4.78 is 1.12. The molecule has 1 amide bonds. The first-order chi connectivity index (χ1) is 14.6. The zero-order valence-electron chi connectivity index (χ0n) is 17.5. The number of carbonyl (C=O) groups is 1. The summed E-state index contributed by atoms with van der Waals surface area (Å²) in [6.07, 6.45) is 1.35. The normalized spacial score (nSPS) is 11.3. The quantitative estimate of drug-likeness (QED) is 0.251. The largest absolute Gasteiger partial charge is 0.302 e. The highest BCUT2D eigenvalue weighted by Crippen LogP contribution is 2.29. The molecule has 2 aromatic carbocycles. The highest BCUT2D eigenvalue weighted by molar-refractivity contribution is 7.99. The molecular weight excluding hydrogens is 434 g/mol. The van der Waals surface area contributed by atoms with E-state index in [0.717, 1.165) is 52.2 Å². The fourth-order valence-electron chi connectivity index (χ4n) is 3.16. The molecule has 0 N–H and O–H groups in total. The lowest BCUT2D eigenvalue weighted by molar-refractivity contribution is -0.118. The van der Waals surface area contributed by atoms with E-state index in [1.54, 1.807) is 23.1 Å². The van der Waals surface area contributed by atoms with E-state index in [1.165, 1.54) is 4.90 Å². The molecule has 160 valence electrons. The van der Waals surface area contributed by atoms with E-state index in [-0.39, 0.29) is 5.91 Å². The van der Waals surface area contributed by atoms with Crippen molar-refractivity contribution in [1.29, 1.82) is 0 Å². The molecule has 30 heavy (non-hydrogen) atoms. The Kier molecular flexibility index (Phi) is 9.00. The van der Waals surface area contributed by atoms with Gasteiger partial charge >= 0.3 is 0 Å². The Morgan fingerprint density at radius 2 is 1.80 bits per heavy atom. The highest BCUT2D eigenvalue weighted by atomic mass is 35.5. The standard InChI is InChI=1S/C23H28ClN3OS2/c1-3-26(4-2)15-16-27(23-25-20-8-5-6-9-21(20)30-23)22(28)10-7-17-29-19-13-11-18(24)12-14-19/h5-6,8-9,11-14H,3-4,7,10,15-17H2,1-2H3. The Bertz CT molecular complexity index is 908. The second-order valence-electron chi connectivity index (χ2n) is 6.94. The van der Waals surface area contributed by atoms with Crippen LogP contribution in [0.15, 0.2) is 53.4 Å². The maximum Gasteiger partial charge on any atom is 0.228 e. The van der Waals surface area contributed by atoms with Crippen LogP contribution < -0.4 is 4.90 Å². The Balaban J connectivity index is 1.62. The third kappa shape index (κ3) is 6.45. The fraction of sp³-hybridized carbons (Fsp3) is 0.391. The summed E-state index contributed by atoms with van der Waals surface area (Å²) in [6.45, 7) is 7.80. The minimum absolute atomic E-state index is 0.151. The van der Waals surface area contributed by atoms with Gasteiger partial charge in [0, 0.05) is 29.4 Å². The van der Waals surface area contributed by atoms with Crippen molar-refractivity contribution in [3.05, 3.63) is 53.6 Å². The van der Waals surface area contributed by atoms with Crippen LogP contribution in [0, 0.1) is 0 Å². The zero-order valence-corrected chi connectivity index (χ0v) is 19.9. The molecule has 0 aliphatic heterocycles. The number of fused-ring (bicyclic) bond motifs is 1. The summed E-state index contributed by atoms with van der Waals surface area (Å²) in [5.74, 6) is 1.05. The Morgan fingerprint density at radius 3 is 2.50 bits per heavy atom. The van der Waals surface area contributed by atoms with Gasteiger partial charge in [-0.2, -0.15) is 0 Å². The van der Waals surface area contributed by atoms with E-state index < -0.39 is 0 Å². The van der Waals surface area contributed by atoms with Crippen LogP contribution in [0.5, 0.6) is 0 Å². The molecule has 7 heteroatoms. The van der Waals surface area contributed by atoms with Gasteiger partial charge in [-0.1, -0.05) is 48.9 Å². The number of amides is 1. The number of anilines is 1. The van der Waals surface area contributed by atoms with Crippen LogP contribution in [0.1, 0.15) is 26.7 Å². The Hall–Kier alpha value is -1.60. The molecule has 1 heterocycles. The number of thioether (sulfide) groups is 1. The van der Waals surface area contributed by atoms with E-state index in [9.17, 15) is 4.79 Å².